The van der Waals surface area contributed by atoms with Gasteiger partial charge in [-0.1, -0.05) is 0 Å². The summed E-state index contributed by atoms with van der Waals surface area (Å²) in [6, 6.07) is 12.1. The van der Waals surface area contributed by atoms with Gasteiger partial charge in [0.05, 0.1) is 6.54 Å². The van der Waals surface area contributed by atoms with E-state index >= 15 is 0 Å². The number of carbonyl (C=O) groups excluding carboxylic acids is 1. The molecular weight excluding hydrogens is 426 g/mol. The number of aromatic nitrogens is 2. The van der Waals surface area contributed by atoms with Crippen molar-refractivity contribution in [2.45, 2.75) is 38.8 Å². The second-order valence-corrected chi connectivity index (χ2v) is 6.96. The van der Waals surface area contributed by atoms with E-state index in [9.17, 15) is 13.6 Å². The van der Waals surface area contributed by atoms with E-state index in [1.54, 1.807) is 12.1 Å². The SMILES string of the molecule is O=C(C[n+]1cc(-c2ccc(F)cc2)n2c1CCCCC2)c1ccc(F)cc1.[Br-]. The second-order valence-electron chi connectivity index (χ2n) is 6.96. The molecule has 0 radical (unpaired) electrons. The molecule has 3 nitrogen and oxygen atoms in total. The first-order valence-electron chi connectivity index (χ1n) is 9.28. The quantitative estimate of drug-likeness (QED) is 0.438. The minimum Gasteiger partial charge on any atom is -1.00 e. The zero-order valence-corrected chi connectivity index (χ0v) is 17.0. The number of halogens is 3. The van der Waals surface area contributed by atoms with Gasteiger partial charge in [0.1, 0.15) is 17.8 Å². The Morgan fingerprint density at radius 1 is 0.929 bits per heavy atom. The molecule has 2 aromatic carbocycles. The summed E-state index contributed by atoms with van der Waals surface area (Å²) in [4.78, 5) is 12.7. The number of carbonyl (C=O) groups is 1. The summed E-state index contributed by atoms with van der Waals surface area (Å²) < 4.78 is 30.7. The van der Waals surface area contributed by atoms with Crippen molar-refractivity contribution in [3.63, 3.8) is 0 Å². The summed E-state index contributed by atoms with van der Waals surface area (Å²) in [7, 11) is 0. The van der Waals surface area contributed by atoms with Crippen molar-refractivity contribution in [2.75, 3.05) is 0 Å². The van der Waals surface area contributed by atoms with Crippen LogP contribution in [0.4, 0.5) is 8.78 Å². The molecule has 6 heteroatoms. The van der Waals surface area contributed by atoms with Crippen LogP contribution in [0.25, 0.3) is 11.3 Å². The molecular formula is C22H21BrF2N2O. The summed E-state index contributed by atoms with van der Waals surface area (Å²) in [5.41, 5.74) is 2.44. The average molecular weight is 447 g/mol. The van der Waals surface area contributed by atoms with E-state index in [0.29, 0.717) is 5.56 Å². The van der Waals surface area contributed by atoms with E-state index < -0.39 is 0 Å². The van der Waals surface area contributed by atoms with Crippen molar-refractivity contribution in [1.29, 1.82) is 0 Å². The van der Waals surface area contributed by atoms with E-state index in [1.807, 2.05) is 10.8 Å². The number of fused-ring (bicyclic) bond motifs is 1. The first-order chi connectivity index (χ1) is 13.1. The van der Waals surface area contributed by atoms with E-state index in [0.717, 1.165) is 49.3 Å². The van der Waals surface area contributed by atoms with E-state index in [-0.39, 0.29) is 40.9 Å². The predicted octanol–water partition coefficient (Wildman–Crippen LogP) is 1.33. The molecule has 0 unspecified atom stereocenters. The highest BCUT2D eigenvalue weighted by molar-refractivity contribution is 5.95. The number of benzene rings is 2. The molecule has 0 N–H and O–H groups in total. The maximum atomic E-state index is 13.3. The Kier molecular flexibility index (Phi) is 6.39. The van der Waals surface area contributed by atoms with Gasteiger partial charge in [-0.15, -0.1) is 0 Å². The fraction of sp³-hybridized carbons (Fsp3) is 0.273. The lowest BCUT2D eigenvalue weighted by Gasteiger charge is -2.03. The standard InChI is InChI=1S/C22H21F2N2O.BrH/c23-18-9-5-16(6-10-18)20-14-25(22-4-2-1-3-13-26(20)22)15-21(27)17-7-11-19(24)12-8-17;/h5-12,14H,1-4,13,15H2;1H/q+1;/p-1. The van der Waals surface area contributed by atoms with Crippen molar-refractivity contribution in [2.24, 2.45) is 0 Å². The molecule has 0 bridgehead atoms. The fourth-order valence-corrected chi connectivity index (χ4v) is 3.71. The Morgan fingerprint density at radius 2 is 1.57 bits per heavy atom. The topological polar surface area (TPSA) is 25.9 Å². The molecule has 146 valence electrons. The Labute approximate surface area is 173 Å². The third-order valence-electron chi connectivity index (χ3n) is 5.11. The minimum absolute atomic E-state index is 0. The molecule has 4 rings (SSSR count). The van der Waals surface area contributed by atoms with Crippen LogP contribution in [0.1, 0.15) is 35.4 Å². The molecule has 0 spiro atoms. The molecule has 0 atom stereocenters. The molecule has 0 fully saturated rings. The number of ketones is 1. The first kappa shape index (κ1) is 20.4. The van der Waals surface area contributed by atoms with Gasteiger partial charge in [0.2, 0.25) is 5.78 Å². The van der Waals surface area contributed by atoms with Crippen molar-refractivity contribution in [1.82, 2.24) is 4.57 Å². The lowest BCUT2D eigenvalue weighted by Crippen LogP contribution is -3.00. The van der Waals surface area contributed by atoms with Gasteiger partial charge in [0, 0.05) is 17.5 Å². The monoisotopic (exact) mass is 446 g/mol. The van der Waals surface area contributed by atoms with Crippen LogP contribution in [-0.4, -0.2) is 10.4 Å². The average Bonchev–Trinajstić information content (AvgIpc) is 2.84. The zero-order chi connectivity index (χ0) is 18.8. The van der Waals surface area contributed by atoms with Gasteiger partial charge in [-0.3, -0.25) is 4.79 Å². The Bertz CT molecular complexity index is 965. The van der Waals surface area contributed by atoms with E-state index in [1.165, 1.54) is 36.4 Å². The molecule has 0 saturated heterocycles. The van der Waals surface area contributed by atoms with Gasteiger partial charge in [-0.25, -0.2) is 17.9 Å². The van der Waals surface area contributed by atoms with Gasteiger partial charge in [-0.05, 0) is 67.8 Å². The molecule has 3 aromatic rings. The largest absolute Gasteiger partial charge is 1.00 e. The number of hydrogen-bond donors (Lipinski definition) is 0. The number of nitrogens with zero attached hydrogens (tertiary/aromatic N) is 2. The van der Waals surface area contributed by atoms with Gasteiger partial charge >= 0.3 is 0 Å². The van der Waals surface area contributed by atoms with Crippen LogP contribution in [0.3, 0.4) is 0 Å². The minimum atomic E-state index is -0.351. The van der Waals surface area contributed by atoms with E-state index in [4.69, 9.17) is 0 Å². The molecule has 1 aliphatic heterocycles. The smallest absolute Gasteiger partial charge is 0.257 e. The maximum Gasteiger partial charge on any atom is 0.257 e. The Morgan fingerprint density at radius 3 is 2.25 bits per heavy atom. The summed E-state index contributed by atoms with van der Waals surface area (Å²) in [6.45, 7) is 1.10. The summed E-state index contributed by atoms with van der Waals surface area (Å²) in [5, 5.41) is 0. The molecule has 28 heavy (non-hydrogen) atoms. The number of Topliss-reactive ketones (excluding diaryl/α,β-unsaturated/α-hetero) is 1. The lowest BCUT2D eigenvalue weighted by molar-refractivity contribution is -0.690. The third kappa shape index (κ3) is 4.22. The van der Waals surface area contributed by atoms with Gasteiger partial charge in [0.15, 0.2) is 12.2 Å². The highest BCUT2D eigenvalue weighted by Gasteiger charge is 2.27. The highest BCUT2D eigenvalue weighted by Crippen LogP contribution is 2.24. The Hall–Kier alpha value is -2.34. The molecule has 0 amide bonds. The lowest BCUT2D eigenvalue weighted by atomic mass is 10.1. The molecule has 1 aromatic heterocycles. The molecule has 0 aliphatic carbocycles. The zero-order valence-electron chi connectivity index (χ0n) is 15.4. The van der Waals surface area contributed by atoms with Crippen LogP contribution in [0, 0.1) is 11.6 Å². The van der Waals surface area contributed by atoms with Crippen LogP contribution in [-0.2, 0) is 19.5 Å². The van der Waals surface area contributed by atoms with E-state index in [2.05, 4.69) is 4.57 Å². The normalized spacial score (nSPS) is 13.4. The van der Waals surface area contributed by atoms with Crippen molar-refractivity contribution < 1.29 is 35.1 Å². The summed E-state index contributed by atoms with van der Waals surface area (Å²) in [5.74, 6) is 0.446. The first-order valence-corrected chi connectivity index (χ1v) is 9.28. The van der Waals surface area contributed by atoms with Crippen molar-refractivity contribution in [3.8, 4) is 11.3 Å². The predicted molar refractivity (Wildman–Crippen MR) is 98.3 cm³/mol. The number of hydrogen-bond acceptors (Lipinski definition) is 1. The van der Waals surface area contributed by atoms with Crippen molar-refractivity contribution >= 4 is 5.78 Å². The second kappa shape index (κ2) is 8.78. The molecule has 0 saturated carbocycles. The molecule has 2 heterocycles. The van der Waals surface area contributed by atoms with Crippen molar-refractivity contribution in [3.05, 3.63) is 77.8 Å². The Balaban J connectivity index is 0.00000225. The van der Waals surface area contributed by atoms with Crippen LogP contribution in [0.15, 0.2) is 54.7 Å². The van der Waals surface area contributed by atoms with Gasteiger partial charge in [0.25, 0.3) is 5.82 Å². The van der Waals surface area contributed by atoms with Gasteiger partial charge < -0.3 is 17.0 Å². The fourth-order valence-electron chi connectivity index (χ4n) is 3.71. The summed E-state index contributed by atoms with van der Waals surface area (Å²) >= 11 is 0. The third-order valence-corrected chi connectivity index (χ3v) is 5.11. The van der Waals surface area contributed by atoms with Crippen LogP contribution >= 0.6 is 0 Å². The number of imidazole rings is 1. The van der Waals surface area contributed by atoms with Crippen LogP contribution in [0.2, 0.25) is 0 Å². The highest BCUT2D eigenvalue weighted by atomic mass is 79.9. The van der Waals surface area contributed by atoms with Crippen LogP contribution in [0.5, 0.6) is 0 Å². The summed E-state index contributed by atoms with van der Waals surface area (Å²) in [6.07, 6.45) is 6.20. The van der Waals surface area contributed by atoms with Gasteiger partial charge in [-0.2, -0.15) is 0 Å². The number of rotatable bonds is 4. The molecule has 1 aliphatic rings. The maximum absolute atomic E-state index is 13.3. The van der Waals surface area contributed by atoms with Crippen LogP contribution < -0.4 is 21.5 Å².